The predicted octanol–water partition coefficient (Wildman–Crippen LogP) is 3.04. The van der Waals surface area contributed by atoms with Crippen LogP contribution in [0.3, 0.4) is 0 Å². The molecule has 0 aromatic carbocycles. The van der Waals surface area contributed by atoms with Crippen molar-refractivity contribution in [2.24, 2.45) is 5.89 Å². The fourth-order valence-electron chi connectivity index (χ4n) is 0.594. The Kier molecular flexibility index (Phi) is 0.898. The quantitative estimate of drug-likeness (QED) is 0.702. The van der Waals surface area contributed by atoms with Crippen LogP contribution in [0, 0.1) is 5.89 Å². The Hall–Kier alpha value is -0.370. The Morgan fingerprint density at radius 2 is 2.64 bits per heavy atom. The molecule has 2 heteroatoms. The van der Waals surface area contributed by atoms with Gasteiger partial charge in [-0.05, 0) is 39.8 Å². The van der Waals surface area contributed by atoms with Crippen molar-refractivity contribution in [3.63, 3.8) is 0 Å². The minimum absolute atomic E-state index is 0.275. The maximum absolute atomic E-state index is 7.91. The molecule has 0 atom stereocenters. The van der Waals surface area contributed by atoms with Crippen molar-refractivity contribution in [3.8, 4) is 0 Å². The molecule has 0 radical (unpaired) electrons. The Morgan fingerprint density at radius 3 is 3.18 bits per heavy atom. The lowest BCUT2D eigenvalue weighted by Crippen LogP contribution is -1.94. The summed E-state index contributed by atoms with van der Waals surface area (Å²) in [4.78, 5) is 3.75. The molecule has 1 aromatic rings. The van der Waals surface area contributed by atoms with Crippen LogP contribution in [0.25, 0.3) is 0 Å². The van der Waals surface area contributed by atoms with Crippen LogP contribution >= 0.6 is 15.9 Å². The molecular formula is C9H12BrN. The van der Waals surface area contributed by atoms with E-state index in [0.717, 1.165) is 6.20 Å². The molecule has 0 fully saturated rings. The second-order valence-corrected chi connectivity index (χ2v) is 2.68. The standard InChI is InChI=1S/C9H12BrN/c1-7(2)5-8-3-4-9(10)11-6-8/h3-4,6-7H,5H2,1-2H3/i1D3,2D3,5D2,7D. The van der Waals surface area contributed by atoms with Crippen LogP contribution in [-0.2, 0) is 6.37 Å². The maximum atomic E-state index is 7.91. The summed E-state index contributed by atoms with van der Waals surface area (Å²) in [6, 6.07) is 2.56. The van der Waals surface area contributed by atoms with Gasteiger partial charge in [0.05, 0.1) is 0 Å². The van der Waals surface area contributed by atoms with E-state index in [9.17, 15) is 0 Å². The second-order valence-electron chi connectivity index (χ2n) is 1.87. The Labute approximate surface area is 88.6 Å². The molecule has 0 bridgehead atoms. The van der Waals surface area contributed by atoms with Crippen LogP contribution in [0.4, 0.5) is 0 Å². The van der Waals surface area contributed by atoms with Crippen LogP contribution in [0.5, 0.6) is 0 Å². The monoisotopic (exact) mass is 222 g/mol. The Morgan fingerprint density at radius 1 is 1.82 bits per heavy atom. The van der Waals surface area contributed by atoms with E-state index in [2.05, 4.69) is 20.9 Å². The van der Waals surface area contributed by atoms with Crippen LogP contribution in [0.15, 0.2) is 22.9 Å². The number of pyridine rings is 1. The fourth-order valence-corrected chi connectivity index (χ4v) is 0.829. The first kappa shape index (κ1) is 2.56. The molecule has 0 amide bonds. The van der Waals surface area contributed by atoms with Crippen molar-refractivity contribution in [1.29, 1.82) is 0 Å². The predicted molar refractivity (Wildman–Crippen MR) is 50.5 cm³/mol. The number of hydrogen-bond acceptors (Lipinski definition) is 1. The minimum atomic E-state index is -3.34. The minimum Gasteiger partial charge on any atom is -0.249 e. The molecule has 1 aromatic heterocycles. The number of rotatable bonds is 2. The van der Waals surface area contributed by atoms with Gasteiger partial charge in [0, 0.05) is 18.5 Å². The summed E-state index contributed by atoms with van der Waals surface area (Å²) in [6.45, 7) is -6.68. The molecule has 11 heavy (non-hydrogen) atoms. The van der Waals surface area contributed by atoms with Gasteiger partial charge in [-0.2, -0.15) is 0 Å². The average Bonchev–Trinajstić information content (AvgIpc) is 2.25. The molecule has 60 valence electrons. The van der Waals surface area contributed by atoms with Gasteiger partial charge < -0.3 is 0 Å². The summed E-state index contributed by atoms with van der Waals surface area (Å²) in [5.41, 5.74) is -0.275. The average molecular weight is 223 g/mol. The van der Waals surface area contributed by atoms with Crippen LogP contribution in [0.2, 0.25) is 0 Å². The van der Waals surface area contributed by atoms with Gasteiger partial charge in [-0.3, -0.25) is 0 Å². The smallest absolute Gasteiger partial charge is 0.106 e. The van der Waals surface area contributed by atoms with Gasteiger partial charge in [-0.15, -0.1) is 0 Å². The molecule has 0 saturated carbocycles. The molecule has 1 heterocycles. The van der Waals surface area contributed by atoms with Crippen molar-refractivity contribution in [3.05, 3.63) is 28.5 Å². The summed E-state index contributed by atoms with van der Waals surface area (Å²) in [6.07, 6.45) is -1.91. The fraction of sp³-hybridized carbons (Fsp3) is 0.444. The zero-order valence-corrected chi connectivity index (χ0v) is 7.14. The molecule has 0 aliphatic heterocycles. The summed E-state index contributed by atoms with van der Waals surface area (Å²) in [7, 11) is 0. The Balaban J connectivity index is 3.51. The molecular weight excluding hydrogens is 202 g/mol. The van der Waals surface area contributed by atoms with Gasteiger partial charge in [0.1, 0.15) is 4.60 Å². The zero-order chi connectivity index (χ0) is 16.0. The lowest BCUT2D eigenvalue weighted by Gasteiger charge is -2.02. The number of nitrogens with zero attached hydrogens (tertiary/aromatic N) is 1. The molecule has 0 N–H and O–H groups in total. The highest BCUT2D eigenvalue weighted by molar-refractivity contribution is 9.10. The van der Waals surface area contributed by atoms with Gasteiger partial charge >= 0.3 is 0 Å². The molecule has 1 nitrogen and oxygen atoms in total. The summed E-state index contributed by atoms with van der Waals surface area (Å²) >= 11 is 3.04. The molecule has 0 aliphatic rings. The first-order chi connectivity index (χ1) is 8.75. The van der Waals surface area contributed by atoms with Crippen molar-refractivity contribution in [2.75, 3.05) is 0 Å². The van der Waals surface area contributed by atoms with Gasteiger partial charge in [-0.25, -0.2) is 4.98 Å². The van der Waals surface area contributed by atoms with Gasteiger partial charge in [0.15, 0.2) is 0 Å². The van der Waals surface area contributed by atoms with Crippen LogP contribution in [0.1, 0.15) is 31.6 Å². The van der Waals surface area contributed by atoms with E-state index < -0.39 is 26.0 Å². The lowest BCUT2D eigenvalue weighted by atomic mass is 10.1. The van der Waals surface area contributed by atoms with E-state index in [-0.39, 0.29) is 5.56 Å². The van der Waals surface area contributed by atoms with Gasteiger partial charge in [0.25, 0.3) is 0 Å². The van der Waals surface area contributed by atoms with E-state index in [1.54, 1.807) is 0 Å². The third-order valence-electron chi connectivity index (χ3n) is 0.997. The first-order valence-electron chi connectivity index (χ1n) is 7.37. The first-order valence-corrected chi connectivity index (χ1v) is 3.66. The van der Waals surface area contributed by atoms with E-state index in [0.29, 0.717) is 4.60 Å². The number of aromatic nitrogens is 1. The summed E-state index contributed by atoms with van der Waals surface area (Å²) in [5, 5.41) is 0. The SMILES string of the molecule is [2H]C([2H])([2H])C([2H])(C([2H])([2H])[2H])C([2H])([2H])c1ccc(Br)nc1. The van der Waals surface area contributed by atoms with Crippen molar-refractivity contribution >= 4 is 15.9 Å². The van der Waals surface area contributed by atoms with E-state index >= 15 is 0 Å². The second kappa shape index (κ2) is 3.86. The Bertz CT molecular complexity index is 462. The van der Waals surface area contributed by atoms with Crippen molar-refractivity contribution in [1.82, 2.24) is 4.98 Å². The molecule has 0 unspecified atom stereocenters. The molecule has 1 rings (SSSR count). The van der Waals surface area contributed by atoms with E-state index in [1.807, 2.05) is 0 Å². The molecule has 0 aliphatic carbocycles. The van der Waals surface area contributed by atoms with Crippen LogP contribution in [-0.4, -0.2) is 4.98 Å². The zero-order valence-electron chi connectivity index (χ0n) is 14.6. The highest BCUT2D eigenvalue weighted by Gasteiger charge is 1.96. The van der Waals surface area contributed by atoms with Crippen LogP contribution < -0.4 is 0 Å². The number of halogens is 1. The van der Waals surface area contributed by atoms with E-state index in [1.165, 1.54) is 12.1 Å². The van der Waals surface area contributed by atoms with Crippen molar-refractivity contribution in [2.45, 2.75) is 20.1 Å². The van der Waals surface area contributed by atoms with Crippen molar-refractivity contribution < 1.29 is 12.3 Å². The third kappa shape index (κ3) is 3.02. The normalized spacial score (nSPS) is 27.2. The molecule has 0 spiro atoms. The third-order valence-corrected chi connectivity index (χ3v) is 1.47. The topological polar surface area (TPSA) is 12.9 Å². The lowest BCUT2D eigenvalue weighted by molar-refractivity contribution is 0.645. The van der Waals surface area contributed by atoms with Gasteiger partial charge in [0.2, 0.25) is 0 Å². The molecule has 0 saturated heterocycles. The maximum Gasteiger partial charge on any atom is 0.106 e. The highest BCUT2D eigenvalue weighted by Crippen LogP contribution is 2.09. The largest absolute Gasteiger partial charge is 0.249 e. The number of hydrogen-bond donors (Lipinski definition) is 0. The van der Waals surface area contributed by atoms with E-state index in [4.69, 9.17) is 12.3 Å². The summed E-state index contributed by atoms with van der Waals surface area (Å²) < 4.78 is 67.9. The summed E-state index contributed by atoms with van der Waals surface area (Å²) in [5.74, 6) is -3.30. The van der Waals surface area contributed by atoms with Gasteiger partial charge in [-0.1, -0.05) is 19.8 Å². The highest BCUT2D eigenvalue weighted by atomic mass is 79.9.